The van der Waals surface area contributed by atoms with Gasteiger partial charge in [-0.2, -0.15) is 0 Å². The van der Waals surface area contributed by atoms with E-state index in [2.05, 4.69) is 5.32 Å². The Balaban J connectivity index is 1.71. The minimum atomic E-state index is -4.16. The normalized spacial score (nSPS) is 13.2. The number of benzene rings is 3. The average molecular weight is 580 g/mol. The number of hydrogen-bond donors (Lipinski definition) is 1. The van der Waals surface area contributed by atoms with Gasteiger partial charge in [0, 0.05) is 19.2 Å². The Labute approximate surface area is 242 Å². The summed E-state index contributed by atoms with van der Waals surface area (Å²) in [5, 5.41) is 2.90. The van der Waals surface area contributed by atoms with Crippen molar-refractivity contribution in [1.29, 1.82) is 0 Å². The van der Waals surface area contributed by atoms with Crippen molar-refractivity contribution in [3.63, 3.8) is 0 Å². The third kappa shape index (κ3) is 7.38. The summed E-state index contributed by atoms with van der Waals surface area (Å²) < 4.78 is 40.3. The Morgan fingerprint density at radius 3 is 2.39 bits per heavy atom. The van der Waals surface area contributed by atoms with Crippen LogP contribution in [0.2, 0.25) is 0 Å². The van der Waals surface area contributed by atoms with E-state index in [4.69, 9.17) is 9.47 Å². The molecule has 0 aromatic heterocycles. The van der Waals surface area contributed by atoms with Crippen molar-refractivity contribution >= 4 is 27.5 Å². The van der Waals surface area contributed by atoms with Gasteiger partial charge in [0.05, 0.1) is 10.6 Å². The van der Waals surface area contributed by atoms with Crippen LogP contribution in [0.25, 0.3) is 0 Å². The first kappa shape index (κ1) is 29.9. The standard InChI is InChI=1S/C31H37N3O6S/c1-4-5-16-32-31(36)24(3)33(21-25-11-9-10-23(2)19-25)30(35)22-34(41(37,38)27-12-7-6-8-13-27)26-14-15-28-29(20-26)40-18-17-39-28/h6-15,19-20,24H,4-5,16-18,21-22H2,1-3H3,(H,32,36). The third-order valence-electron chi connectivity index (χ3n) is 6.86. The number of nitrogens with one attached hydrogen (secondary N) is 1. The number of aryl methyl sites for hydroxylation is 1. The van der Waals surface area contributed by atoms with E-state index in [0.717, 1.165) is 28.3 Å². The summed E-state index contributed by atoms with van der Waals surface area (Å²) in [6.07, 6.45) is 1.74. The number of carbonyl (C=O) groups excluding carboxylic acids is 2. The number of fused-ring (bicyclic) bond motifs is 1. The first-order valence-corrected chi connectivity index (χ1v) is 15.2. The highest BCUT2D eigenvalue weighted by molar-refractivity contribution is 7.92. The Bertz CT molecular complexity index is 1460. The minimum Gasteiger partial charge on any atom is -0.486 e. The maximum atomic E-state index is 14.0. The zero-order valence-corrected chi connectivity index (χ0v) is 24.5. The first-order chi connectivity index (χ1) is 19.7. The lowest BCUT2D eigenvalue weighted by molar-refractivity contribution is -0.139. The van der Waals surface area contributed by atoms with Crippen LogP contribution in [0.1, 0.15) is 37.8 Å². The van der Waals surface area contributed by atoms with Gasteiger partial charge in [0.2, 0.25) is 11.8 Å². The van der Waals surface area contributed by atoms with Crippen LogP contribution >= 0.6 is 0 Å². The lowest BCUT2D eigenvalue weighted by Crippen LogP contribution is -2.51. The summed E-state index contributed by atoms with van der Waals surface area (Å²) in [6.45, 7) is 6.49. The summed E-state index contributed by atoms with van der Waals surface area (Å²) in [7, 11) is -4.16. The number of rotatable bonds is 12. The number of sulfonamides is 1. The zero-order chi connectivity index (χ0) is 29.4. The Morgan fingerprint density at radius 2 is 1.68 bits per heavy atom. The van der Waals surface area contributed by atoms with Crippen molar-refractivity contribution in [2.45, 2.75) is 51.1 Å². The van der Waals surface area contributed by atoms with Crippen LogP contribution in [0.5, 0.6) is 11.5 Å². The predicted molar refractivity (Wildman–Crippen MR) is 158 cm³/mol. The van der Waals surface area contributed by atoms with Crippen LogP contribution in [0, 0.1) is 6.92 Å². The van der Waals surface area contributed by atoms with E-state index >= 15 is 0 Å². The molecule has 9 nitrogen and oxygen atoms in total. The van der Waals surface area contributed by atoms with Gasteiger partial charge in [0.25, 0.3) is 10.0 Å². The zero-order valence-electron chi connectivity index (χ0n) is 23.7. The second-order valence-corrected chi connectivity index (χ2v) is 11.8. The van der Waals surface area contributed by atoms with E-state index in [-0.39, 0.29) is 23.0 Å². The molecule has 0 fully saturated rings. The molecule has 218 valence electrons. The molecule has 1 N–H and O–H groups in total. The molecule has 1 heterocycles. The Hall–Kier alpha value is -4.05. The molecule has 0 saturated heterocycles. The van der Waals surface area contributed by atoms with Gasteiger partial charge in [0.15, 0.2) is 11.5 Å². The molecule has 0 aliphatic carbocycles. The van der Waals surface area contributed by atoms with Crippen molar-refractivity contribution in [3.05, 3.63) is 83.9 Å². The van der Waals surface area contributed by atoms with Crippen LogP contribution in [0.3, 0.4) is 0 Å². The lowest BCUT2D eigenvalue weighted by atomic mass is 10.1. The molecule has 2 amide bonds. The Kier molecular flexibility index (Phi) is 9.88. The first-order valence-electron chi connectivity index (χ1n) is 13.8. The number of ether oxygens (including phenoxy) is 2. The van der Waals surface area contributed by atoms with E-state index in [1.807, 2.05) is 38.1 Å². The van der Waals surface area contributed by atoms with Crippen molar-refractivity contribution in [2.75, 3.05) is 30.6 Å². The molecular formula is C31H37N3O6S. The molecule has 4 rings (SSSR count). The van der Waals surface area contributed by atoms with Crippen LogP contribution < -0.4 is 19.1 Å². The summed E-state index contributed by atoms with van der Waals surface area (Å²) in [4.78, 5) is 28.6. The van der Waals surface area contributed by atoms with Gasteiger partial charge < -0.3 is 19.7 Å². The van der Waals surface area contributed by atoms with Gasteiger partial charge in [-0.3, -0.25) is 13.9 Å². The summed E-state index contributed by atoms with van der Waals surface area (Å²) in [5.74, 6) is 0.0897. The topological polar surface area (TPSA) is 105 Å². The van der Waals surface area contributed by atoms with Gasteiger partial charge in [-0.1, -0.05) is 61.4 Å². The molecule has 1 atom stereocenters. The Morgan fingerprint density at radius 1 is 0.951 bits per heavy atom. The largest absolute Gasteiger partial charge is 0.486 e. The van der Waals surface area contributed by atoms with Gasteiger partial charge in [0.1, 0.15) is 25.8 Å². The van der Waals surface area contributed by atoms with Crippen LogP contribution in [-0.4, -0.2) is 57.5 Å². The number of carbonyl (C=O) groups is 2. The lowest BCUT2D eigenvalue weighted by Gasteiger charge is -2.32. The van der Waals surface area contributed by atoms with Gasteiger partial charge in [-0.05, 0) is 50.1 Å². The summed E-state index contributed by atoms with van der Waals surface area (Å²) in [5.41, 5.74) is 2.10. The smallest absolute Gasteiger partial charge is 0.264 e. The molecule has 1 aliphatic rings. The number of anilines is 1. The number of unbranched alkanes of at least 4 members (excludes halogenated alkanes) is 1. The van der Waals surface area contributed by atoms with Crippen molar-refractivity contribution in [1.82, 2.24) is 10.2 Å². The van der Waals surface area contributed by atoms with E-state index in [1.54, 1.807) is 43.3 Å². The monoisotopic (exact) mass is 579 g/mol. The SMILES string of the molecule is CCCCNC(=O)C(C)N(Cc1cccc(C)c1)C(=O)CN(c1ccc2c(c1)OCCO2)S(=O)(=O)c1ccccc1. The van der Waals surface area contributed by atoms with Crippen molar-refractivity contribution in [2.24, 2.45) is 0 Å². The molecule has 0 bridgehead atoms. The molecule has 1 aliphatic heterocycles. The maximum absolute atomic E-state index is 14.0. The van der Waals surface area contributed by atoms with E-state index in [0.29, 0.717) is 31.3 Å². The van der Waals surface area contributed by atoms with Gasteiger partial charge >= 0.3 is 0 Å². The van der Waals surface area contributed by atoms with E-state index in [1.165, 1.54) is 17.0 Å². The molecule has 0 saturated carbocycles. The molecule has 10 heteroatoms. The molecule has 0 radical (unpaired) electrons. The third-order valence-corrected chi connectivity index (χ3v) is 8.64. The molecule has 41 heavy (non-hydrogen) atoms. The molecular weight excluding hydrogens is 542 g/mol. The highest BCUT2D eigenvalue weighted by Crippen LogP contribution is 2.36. The van der Waals surface area contributed by atoms with Crippen LogP contribution in [0.4, 0.5) is 5.69 Å². The van der Waals surface area contributed by atoms with Gasteiger partial charge in [-0.25, -0.2) is 8.42 Å². The minimum absolute atomic E-state index is 0.0401. The van der Waals surface area contributed by atoms with Crippen LogP contribution in [-0.2, 0) is 26.2 Å². The predicted octanol–water partition coefficient (Wildman–Crippen LogP) is 4.30. The number of hydrogen-bond acceptors (Lipinski definition) is 6. The molecule has 0 spiro atoms. The van der Waals surface area contributed by atoms with Crippen molar-refractivity contribution < 1.29 is 27.5 Å². The number of amides is 2. The molecule has 3 aromatic rings. The number of nitrogens with zero attached hydrogens (tertiary/aromatic N) is 2. The fourth-order valence-corrected chi connectivity index (χ4v) is 5.99. The maximum Gasteiger partial charge on any atom is 0.264 e. The molecule has 1 unspecified atom stereocenters. The van der Waals surface area contributed by atoms with E-state index < -0.39 is 28.5 Å². The highest BCUT2D eigenvalue weighted by Gasteiger charge is 2.33. The summed E-state index contributed by atoms with van der Waals surface area (Å²) in [6, 6.07) is 19.6. The second kappa shape index (κ2) is 13.5. The average Bonchev–Trinajstić information content (AvgIpc) is 2.98. The highest BCUT2D eigenvalue weighted by atomic mass is 32.2. The fraction of sp³-hybridized carbons (Fsp3) is 0.355. The summed E-state index contributed by atoms with van der Waals surface area (Å²) >= 11 is 0. The second-order valence-electron chi connectivity index (χ2n) is 9.98. The van der Waals surface area contributed by atoms with Gasteiger partial charge in [-0.15, -0.1) is 0 Å². The molecule has 3 aromatic carbocycles. The van der Waals surface area contributed by atoms with Crippen molar-refractivity contribution in [3.8, 4) is 11.5 Å². The quantitative estimate of drug-likeness (QED) is 0.321. The van der Waals surface area contributed by atoms with E-state index in [9.17, 15) is 18.0 Å². The van der Waals surface area contributed by atoms with Crippen LogP contribution in [0.15, 0.2) is 77.7 Å². The fourth-order valence-electron chi connectivity index (χ4n) is 4.56.